The number of ether oxygens (including phenoxy) is 6. The highest BCUT2D eigenvalue weighted by Crippen LogP contribution is 2.13. The number of hydrogen-bond donors (Lipinski definition) is 0. The van der Waals surface area contributed by atoms with Gasteiger partial charge in [0.25, 0.3) is 0 Å². The summed E-state index contributed by atoms with van der Waals surface area (Å²) in [6, 6.07) is 0. The van der Waals surface area contributed by atoms with Crippen molar-refractivity contribution in [2.45, 2.75) is 105 Å². The summed E-state index contributed by atoms with van der Waals surface area (Å²) in [6.07, 6.45) is -4.23. The first-order valence-corrected chi connectivity index (χ1v) is 10.0. The minimum Gasteiger partial charge on any atom is -0.449 e. The molecule has 10 heteroatoms. The molecule has 0 rings (SSSR count). The molecule has 0 aromatic heterocycles. The lowest BCUT2D eigenvalue weighted by Gasteiger charge is -2.25. The second-order valence-corrected chi connectivity index (χ2v) is 8.95. The highest BCUT2D eigenvalue weighted by Gasteiger charge is 2.28. The molecule has 0 saturated carbocycles. The molecule has 0 aliphatic heterocycles. The van der Waals surface area contributed by atoms with Crippen LogP contribution < -0.4 is 0 Å². The first-order chi connectivity index (χ1) is 13.9. The van der Waals surface area contributed by atoms with Crippen molar-refractivity contribution in [2.75, 3.05) is 6.79 Å². The maximum absolute atomic E-state index is 12.0. The summed E-state index contributed by atoms with van der Waals surface area (Å²) >= 11 is 0. The molecule has 0 radical (unpaired) electrons. The van der Waals surface area contributed by atoms with Crippen LogP contribution in [0, 0.1) is 0 Å². The number of carbonyl (C=O) groups is 4. The fourth-order valence-electron chi connectivity index (χ4n) is 2.17. The van der Waals surface area contributed by atoms with Gasteiger partial charge in [0.2, 0.25) is 6.79 Å². The molecule has 4 atom stereocenters. The van der Waals surface area contributed by atoms with Crippen LogP contribution in [0.3, 0.4) is 0 Å². The molecular formula is C21H36O10. The number of carbonyl (C=O) groups excluding carboxylic acids is 4. The topological polar surface area (TPSA) is 124 Å². The number of hydrogen-bond acceptors (Lipinski definition) is 10. The Hall–Kier alpha value is -2.20. The molecule has 0 bridgehead atoms. The zero-order valence-corrected chi connectivity index (χ0v) is 20.1. The molecule has 180 valence electrons. The van der Waals surface area contributed by atoms with E-state index in [9.17, 15) is 19.2 Å². The van der Waals surface area contributed by atoms with Crippen LogP contribution in [0.15, 0.2) is 0 Å². The van der Waals surface area contributed by atoms with E-state index in [2.05, 4.69) is 0 Å². The lowest BCUT2D eigenvalue weighted by atomic mass is 10.2. The van der Waals surface area contributed by atoms with Gasteiger partial charge in [-0.3, -0.25) is 0 Å². The minimum absolute atomic E-state index is 0.562. The highest BCUT2D eigenvalue weighted by molar-refractivity contribution is 5.82. The van der Waals surface area contributed by atoms with E-state index in [1.807, 2.05) is 0 Å². The van der Waals surface area contributed by atoms with Gasteiger partial charge in [0.15, 0.2) is 24.4 Å². The third kappa shape index (κ3) is 13.0. The summed E-state index contributed by atoms with van der Waals surface area (Å²) in [5.74, 6) is -3.30. The van der Waals surface area contributed by atoms with E-state index in [0.717, 1.165) is 0 Å². The number of esters is 4. The quantitative estimate of drug-likeness (QED) is 0.279. The van der Waals surface area contributed by atoms with Crippen LogP contribution in [0.1, 0.15) is 69.2 Å². The highest BCUT2D eigenvalue weighted by atomic mass is 16.7. The van der Waals surface area contributed by atoms with Gasteiger partial charge in [-0.2, -0.15) is 0 Å². The SMILES string of the molecule is CC(OC(=O)C(C)OC(C)(C)C)C(=O)OCOC(=O)C(C)OC(=O)C(C)OC(C)(C)C. The van der Waals surface area contributed by atoms with Crippen LogP contribution in [-0.4, -0.2) is 66.3 Å². The van der Waals surface area contributed by atoms with Gasteiger partial charge in [-0.1, -0.05) is 0 Å². The molecule has 0 amide bonds. The summed E-state index contributed by atoms with van der Waals surface area (Å²) in [4.78, 5) is 47.7. The van der Waals surface area contributed by atoms with Gasteiger partial charge in [0.1, 0.15) is 0 Å². The van der Waals surface area contributed by atoms with Crippen molar-refractivity contribution in [3.63, 3.8) is 0 Å². The summed E-state index contributed by atoms with van der Waals surface area (Å²) in [5, 5.41) is 0. The third-order valence-corrected chi connectivity index (χ3v) is 3.38. The molecule has 0 aliphatic carbocycles. The molecule has 0 aliphatic rings. The Labute approximate surface area is 183 Å². The predicted octanol–water partition coefficient (Wildman–Crippen LogP) is 2.30. The van der Waals surface area contributed by atoms with E-state index >= 15 is 0 Å². The molecule has 0 N–H and O–H groups in total. The van der Waals surface area contributed by atoms with Crippen LogP contribution in [0.5, 0.6) is 0 Å². The van der Waals surface area contributed by atoms with Crippen molar-refractivity contribution in [1.29, 1.82) is 0 Å². The predicted molar refractivity (Wildman–Crippen MR) is 109 cm³/mol. The van der Waals surface area contributed by atoms with E-state index < -0.39 is 66.3 Å². The molecule has 10 nitrogen and oxygen atoms in total. The lowest BCUT2D eigenvalue weighted by molar-refractivity contribution is -0.191. The zero-order chi connectivity index (χ0) is 24.6. The Morgan fingerprint density at radius 3 is 1.10 bits per heavy atom. The maximum atomic E-state index is 12.0. The Morgan fingerprint density at radius 2 is 0.839 bits per heavy atom. The molecule has 0 fully saturated rings. The van der Waals surface area contributed by atoms with E-state index in [0.29, 0.717) is 0 Å². The maximum Gasteiger partial charge on any atom is 0.350 e. The summed E-state index contributed by atoms with van der Waals surface area (Å²) in [5.41, 5.74) is -1.12. The lowest BCUT2D eigenvalue weighted by Crippen LogP contribution is -2.37. The van der Waals surface area contributed by atoms with Crippen molar-refractivity contribution in [1.82, 2.24) is 0 Å². The molecule has 31 heavy (non-hydrogen) atoms. The van der Waals surface area contributed by atoms with E-state index in [4.69, 9.17) is 28.4 Å². The monoisotopic (exact) mass is 448 g/mol. The fraction of sp³-hybridized carbons (Fsp3) is 0.810. The van der Waals surface area contributed by atoms with Gasteiger partial charge in [0.05, 0.1) is 11.2 Å². The van der Waals surface area contributed by atoms with Crippen molar-refractivity contribution in [3.05, 3.63) is 0 Å². The van der Waals surface area contributed by atoms with Crippen LogP contribution in [0.4, 0.5) is 0 Å². The molecule has 4 unspecified atom stereocenters. The Bertz CT molecular complexity index is 575. The molecular weight excluding hydrogens is 412 g/mol. The second kappa shape index (κ2) is 12.0. The van der Waals surface area contributed by atoms with Crippen LogP contribution in [0.2, 0.25) is 0 Å². The molecule has 0 aromatic carbocycles. The first kappa shape index (κ1) is 28.8. The summed E-state index contributed by atoms with van der Waals surface area (Å²) < 4.78 is 30.4. The average Bonchev–Trinajstić information content (AvgIpc) is 2.58. The zero-order valence-electron chi connectivity index (χ0n) is 20.1. The number of rotatable bonds is 10. The van der Waals surface area contributed by atoms with Gasteiger partial charge in [-0.05, 0) is 69.2 Å². The van der Waals surface area contributed by atoms with Gasteiger partial charge < -0.3 is 28.4 Å². The largest absolute Gasteiger partial charge is 0.449 e. The second-order valence-electron chi connectivity index (χ2n) is 8.95. The van der Waals surface area contributed by atoms with Crippen molar-refractivity contribution in [2.24, 2.45) is 0 Å². The minimum atomic E-state index is -1.23. The third-order valence-electron chi connectivity index (χ3n) is 3.38. The Balaban J connectivity index is 4.38. The van der Waals surface area contributed by atoms with Crippen LogP contribution in [0.25, 0.3) is 0 Å². The van der Waals surface area contributed by atoms with Crippen molar-refractivity contribution < 1.29 is 47.6 Å². The summed E-state index contributed by atoms with van der Waals surface area (Å²) in [7, 11) is 0. The van der Waals surface area contributed by atoms with Crippen LogP contribution in [-0.2, 0) is 47.6 Å². The van der Waals surface area contributed by atoms with Gasteiger partial charge >= 0.3 is 23.9 Å². The first-order valence-electron chi connectivity index (χ1n) is 10.0. The van der Waals surface area contributed by atoms with Gasteiger partial charge in [0, 0.05) is 0 Å². The molecule has 0 saturated heterocycles. The van der Waals surface area contributed by atoms with Gasteiger partial charge in [-0.15, -0.1) is 0 Å². The Morgan fingerprint density at radius 1 is 0.548 bits per heavy atom. The standard InChI is InChI=1S/C21H36O10/c1-12(28-18(24)14(3)30-20(5,6)7)16(22)26-11-27-17(23)13(2)29-19(25)15(4)31-21(8,9)10/h12-15H,11H2,1-10H3. The van der Waals surface area contributed by atoms with Gasteiger partial charge in [-0.25, -0.2) is 19.2 Å². The molecule has 0 heterocycles. The normalized spacial score (nSPS) is 15.8. The van der Waals surface area contributed by atoms with Crippen molar-refractivity contribution in [3.8, 4) is 0 Å². The Kier molecular flexibility index (Phi) is 11.1. The van der Waals surface area contributed by atoms with Crippen molar-refractivity contribution >= 4 is 23.9 Å². The fourth-order valence-corrected chi connectivity index (χ4v) is 2.17. The average molecular weight is 449 g/mol. The van der Waals surface area contributed by atoms with E-state index in [1.165, 1.54) is 27.7 Å². The van der Waals surface area contributed by atoms with E-state index in [1.54, 1.807) is 41.5 Å². The van der Waals surface area contributed by atoms with Crippen LogP contribution >= 0.6 is 0 Å². The van der Waals surface area contributed by atoms with E-state index in [-0.39, 0.29) is 0 Å². The summed E-state index contributed by atoms with van der Waals surface area (Å²) in [6.45, 7) is 15.6. The molecule has 0 aromatic rings. The molecule has 0 spiro atoms. The smallest absolute Gasteiger partial charge is 0.350 e.